The van der Waals surface area contributed by atoms with Crippen LogP contribution < -0.4 is 5.32 Å². The van der Waals surface area contributed by atoms with Crippen molar-refractivity contribution in [2.45, 2.75) is 38.6 Å². The molecule has 0 aliphatic rings. The monoisotopic (exact) mass is 455 g/mol. The SMILES string of the molecule is Cc1cc(C(=O)OCC(=O)Nc2ccc(Cl)c(S(=O)(=O)N(C)C)c2)c(C)n1C(C)C. The average molecular weight is 456 g/mol. The quantitative estimate of drug-likeness (QED) is 0.645. The Morgan fingerprint density at radius 2 is 1.83 bits per heavy atom. The highest BCUT2D eigenvalue weighted by Crippen LogP contribution is 2.27. The normalized spacial score (nSPS) is 11.8. The fraction of sp³-hybridized carbons (Fsp3) is 0.400. The lowest BCUT2D eigenvalue weighted by atomic mass is 10.2. The predicted octanol–water partition coefficient (Wildman–Crippen LogP) is 3.39. The molecular formula is C20H26ClN3O5S. The van der Waals surface area contributed by atoms with Crippen LogP contribution in [-0.2, 0) is 19.6 Å². The molecule has 30 heavy (non-hydrogen) atoms. The number of carbonyl (C=O) groups is 2. The first-order valence-corrected chi connectivity index (χ1v) is 11.1. The zero-order chi connectivity index (χ0) is 22.8. The maximum absolute atomic E-state index is 12.4. The molecule has 1 N–H and O–H groups in total. The smallest absolute Gasteiger partial charge is 0.340 e. The highest BCUT2D eigenvalue weighted by molar-refractivity contribution is 7.89. The van der Waals surface area contributed by atoms with Gasteiger partial charge in [-0.2, -0.15) is 0 Å². The molecule has 0 fully saturated rings. The Morgan fingerprint density at radius 1 is 1.20 bits per heavy atom. The van der Waals surface area contributed by atoms with Crippen molar-refractivity contribution in [1.82, 2.24) is 8.87 Å². The number of halogens is 1. The van der Waals surface area contributed by atoms with Gasteiger partial charge in [0.2, 0.25) is 10.0 Å². The molecule has 1 aromatic carbocycles. The Labute approximate surface area is 181 Å². The van der Waals surface area contributed by atoms with Crippen LogP contribution in [0.15, 0.2) is 29.2 Å². The molecule has 8 nitrogen and oxygen atoms in total. The van der Waals surface area contributed by atoms with E-state index < -0.39 is 28.5 Å². The van der Waals surface area contributed by atoms with Crippen LogP contribution in [0, 0.1) is 13.8 Å². The molecule has 0 saturated heterocycles. The second-order valence-electron chi connectivity index (χ2n) is 7.31. The van der Waals surface area contributed by atoms with E-state index in [0.29, 0.717) is 5.56 Å². The molecule has 0 bridgehead atoms. The molecule has 1 amide bonds. The lowest BCUT2D eigenvalue weighted by Gasteiger charge is -2.14. The number of rotatable bonds is 7. The second-order valence-corrected chi connectivity index (χ2v) is 9.83. The highest BCUT2D eigenvalue weighted by atomic mass is 35.5. The summed E-state index contributed by atoms with van der Waals surface area (Å²) in [5.41, 5.74) is 2.32. The number of benzene rings is 1. The standard InChI is InChI=1S/C20H26ClN3O5S/c1-12(2)24-13(3)9-16(14(24)4)20(26)29-11-19(25)22-15-7-8-17(21)18(10-15)30(27,28)23(5)6/h7-10,12H,11H2,1-6H3,(H,22,25). The van der Waals surface area contributed by atoms with Crippen LogP contribution in [0.3, 0.4) is 0 Å². The fourth-order valence-electron chi connectivity index (χ4n) is 3.16. The van der Waals surface area contributed by atoms with Gasteiger partial charge in [0.05, 0.1) is 10.6 Å². The van der Waals surface area contributed by atoms with Crippen LogP contribution in [0.1, 0.15) is 41.6 Å². The molecule has 1 aromatic heterocycles. The van der Waals surface area contributed by atoms with Gasteiger partial charge in [-0.05, 0) is 52.0 Å². The van der Waals surface area contributed by atoms with Crippen LogP contribution in [0.25, 0.3) is 0 Å². The van der Waals surface area contributed by atoms with E-state index in [1.54, 1.807) is 6.07 Å². The van der Waals surface area contributed by atoms with Crippen molar-refractivity contribution in [2.75, 3.05) is 26.0 Å². The van der Waals surface area contributed by atoms with Gasteiger partial charge in [0.25, 0.3) is 5.91 Å². The number of nitrogens with one attached hydrogen (secondary N) is 1. The first kappa shape index (κ1) is 23.9. The second kappa shape index (κ2) is 9.20. The molecule has 2 aromatic rings. The van der Waals surface area contributed by atoms with E-state index in [1.807, 2.05) is 32.3 Å². The summed E-state index contributed by atoms with van der Waals surface area (Å²) in [5, 5.41) is 2.55. The minimum atomic E-state index is -3.78. The zero-order valence-corrected chi connectivity index (χ0v) is 19.4. The van der Waals surface area contributed by atoms with Gasteiger partial charge in [0, 0.05) is 37.2 Å². The van der Waals surface area contributed by atoms with Gasteiger partial charge in [-0.25, -0.2) is 17.5 Å². The van der Waals surface area contributed by atoms with Crippen molar-refractivity contribution in [3.8, 4) is 0 Å². The highest BCUT2D eigenvalue weighted by Gasteiger charge is 2.22. The number of sulfonamides is 1. The summed E-state index contributed by atoms with van der Waals surface area (Å²) < 4.78 is 32.8. The number of amides is 1. The summed E-state index contributed by atoms with van der Waals surface area (Å²) in [6.07, 6.45) is 0. The number of carbonyl (C=O) groups excluding carboxylic acids is 2. The molecule has 0 unspecified atom stereocenters. The number of ether oxygens (including phenoxy) is 1. The largest absolute Gasteiger partial charge is 0.452 e. The van der Waals surface area contributed by atoms with Crippen molar-refractivity contribution >= 4 is 39.2 Å². The van der Waals surface area contributed by atoms with E-state index >= 15 is 0 Å². The number of aromatic nitrogens is 1. The molecular weight excluding hydrogens is 430 g/mol. The number of hydrogen-bond acceptors (Lipinski definition) is 5. The minimum Gasteiger partial charge on any atom is -0.452 e. The van der Waals surface area contributed by atoms with Crippen molar-refractivity contribution in [3.05, 3.63) is 46.2 Å². The van der Waals surface area contributed by atoms with Gasteiger partial charge in [0.15, 0.2) is 6.61 Å². The van der Waals surface area contributed by atoms with Gasteiger partial charge in [0.1, 0.15) is 4.90 Å². The Hall–Kier alpha value is -2.36. The first-order chi connectivity index (χ1) is 13.9. The number of nitrogens with zero attached hydrogens (tertiary/aromatic N) is 2. The average Bonchev–Trinajstić information content (AvgIpc) is 2.95. The number of anilines is 1. The number of hydrogen-bond donors (Lipinski definition) is 1. The van der Waals surface area contributed by atoms with Crippen LogP contribution in [0.2, 0.25) is 5.02 Å². The Kier molecular flexibility index (Phi) is 7.33. The van der Waals surface area contributed by atoms with Gasteiger partial charge < -0.3 is 14.6 Å². The van der Waals surface area contributed by atoms with E-state index in [-0.39, 0.29) is 21.6 Å². The first-order valence-electron chi connectivity index (χ1n) is 9.23. The summed E-state index contributed by atoms with van der Waals surface area (Å²) in [6, 6.07) is 6.01. The summed E-state index contributed by atoms with van der Waals surface area (Å²) in [6.45, 7) is 7.24. The summed E-state index contributed by atoms with van der Waals surface area (Å²) >= 11 is 5.99. The van der Waals surface area contributed by atoms with Crippen LogP contribution in [-0.4, -0.2) is 49.9 Å². The van der Waals surface area contributed by atoms with E-state index in [2.05, 4.69) is 5.32 Å². The van der Waals surface area contributed by atoms with Crippen LogP contribution >= 0.6 is 11.6 Å². The van der Waals surface area contributed by atoms with Crippen LogP contribution in [0.5, 0.6) is 0 Å². The van der Waals surface area contributed by atoms with E-state index in [4.69, 9.17) is 16.3 Å². The number of esters is 1. The van der Waals surface area contributed by atoms with Gasteiger partial charge in [-0.3, -0.25) is 4.79 Å². The van der Waals surface area contributed by atoms with Crippen LogP contribution in [0.4, 0.5) is 5.69 Å². The topological polar surface area (TPSA) is 97.7 Å². The minimum absolute atomic E-state index is 0.0358. The Morgan fingerprint density at radius 3 is 2.37 bits per heavy atom. The fourth-order valence-corrected chi connectivity index (χ4v) is 4.55. The molecule has 1 heterocycles. The molecule has 0 atom stereocenters. The molecule has 0 aliphatic carbocycles. The predicted molar refractivity (Wildman–Crippen MR) is 116 cm³/mol. The van der Waals surface area contributed by atoms with E-state index in [0.717, 1.165) is 15.7 Å². The van der Waals surface area contributed by atoms with Crippen molar-refractivity contribution in [1.29, 1.82) is 0 Å². The van der Waals surface area contributed by atoms with Crippen molar-refractivity contribution < 1.29 is 22.7 Å². The molecule has 0 spiro atoms. The van der Waals surface area contributed by atoms with E-state index in [9.17, 15) is 18.0 Å². The third-order valence-electron chi connectivity index (χ3n) is 4.53. The molecule has 10 heteroatoms. The lowest BCUT2D eigenvalue weighted by Crippen LogP contribution is -2.23. The van der Waals surface area contributed by atoms with Gasteiger partial charge in [-0.1, -0.05) is 11.6 Å². The molecule has 0 radical (unpaired) electrons. The maximum atomic E-state index is 12.4. The summed E-state index contributed by atoms with van der Waals surface area (Å²) in [5.74, 6) is -1.20. The Bertz CT molecular complexity index is 1070. The molecule has 0 saturated carbocycles. The van der Waals surface area contributed by atoms with E-state index in [1.165, 1.54) is 32.3 Å². The number of aryl methyl sites for hydroxylation is 1. The third kappa shape index (κ3) is 5.03. The third-order valence-corrected chi connectivity index (χ3v) is 6.83. The summed E-state index contributed by atoms with van der Waals surface area (Å²) in [4.78, 5) is 24.5. The lowest BCUT2D eigenvalue weighted by molar-refractivity contribution is -0.119. The zero-order valence-electron chi connectivity index (χ0n) is 17.8. The van der Waals surface area contributed by atoms with Crippen molar-refractivity contribution in [2.24, 2.45) is 0 Å². The van der Waals surface area contributed by atoms with Gasteiger partial charge >= 0.3 is 5.97 Å². The van der Waals surface area contributed by atoms with Gasteiger partial charge in [-0.15, -0.1) is 0 Å². The summed E-state index contributed by atoms with van der Waals surface area (Å²) in [7, 11) is -1.02. The maximum Gasteiger partial charge on any atom is 0.340 e. The van der Waals surface area contributed by atoms with Crippen molar-refractivity contribution in [3.63, 3.8) is 0 Å². The molecule has 164 valence electrons. The molecule has 0 aliphatic heterocycles. The Balaban J connectivity index is 2.09. The molecule has 2 rings (SSSR count).